The number of anilines is 1. The summed E-state index contributed by atoms with van der Waals surface area (Å²) < 4.78 is 0. The lowest BCUT2D eigenvalue weighted by atomic mass is 9.99. The van der Waals surface area contributed by atoms with Crippen LogP contribution in [-0.2, 0) is 0 Å². The quantitative estimate of drug-likeness (QED) is 0.453. The minimum atomic E-state index is 0.421. The molecule has 0 radical (unpaired) electrons. The second-order valence-electron chi connectivity index (χ2n) is 7.91. The number of fused-ring (bicyclic) bond motifs is 2. The SMILES string of the molecule is CCC(CC1CC1)Nc1nnc(-c2cccc3[nH]cc(C#N)c23)c2ccccc12. The maximum absolute atomic E-state index is 9.54. The van der Waals surface area contributed by atoms with Crippen molar-refractivity contribution >= 4 is 27.5 Å². The van der Waals surface area contributed by atoms with E-state index in [1.165, 1.54) is 19.3 Å². The Balaban J connectivity index is 1.64. The van der Waals surface area contributed by atoms with Gasteiger partial charge < -0.3 is 10.3 Å². The van der Waals surface area contributed by atoms with Crippen LogP contribution in [0.4, 0.5) is 5.82 Å². The third kappa shape index (κ3) is 3.21. The van der Waals surface area contributed by atoms with Gasteiger partial charge in [-0.1, -0.05) is 56.2 Å². The Hall–Kier alpha value is -3.39. The minimum absolute atomic E-state index is 0.421. The van der Waals surface area contributed by atoms with Gasteiger partial charge in [0.1, 0.15) is 11.8 Å². The van der Waals surface area contributed by atoms with Crippen molar-refractivity contribution in [3.63, 3.8) is 0 Å². The van der Waals surface area contributed by atoms with E-state index < -0.39 is 0 Å². The number of H-pyrrole nitrogens is 1. The van der Waals surface area contributed by atoms with Crippen molar-refractivity contribution in [2.24, 2.45) is 5.92 Å². The summed E-state index contributed by atoms with van der Waals surface area (Å²) in [6.07, 6.45) is 6.73. The van der Waals surface area contributed by atoms with Crippen LogP contribution in [0.25, 0.3) is 32.9 Å². The second kappa shape index (κ2) is 7.21. The zero-order valence-corrected chi connectivity index (χ0v) is 16.4. The topological polar surface area (TPSA) is 77.4 Å². The third-order valence-corrected chi connectivity index (χ3v) is 5.92. The fourth-order valence-corrected chi connectivity index (χ4v) is 4.16. The molecule has 1 saturated carbocycles. The van der Waals surface area contributed by atoms with Crippen LogP contribution in [-0.4, -0.2) is 21.2 Å². The zero-order chi connectivity index (χ0) is 19.8. The minimum Gasteiger partial charge on any atom is -0.365 e. The highest BCUT2D eigenvalue weighted by Crippen LogP contribution is 2.37. The highest BCUT2D eigenvalue weighted by Gasteiger charge is 2.25. The lowest BCUT2D eigenvalue weighted by Gasteiger charge is -2.19. The fraction of sp³-hybridized carbons (Fsp3) is 0.292. The van der Waals surface area contributed by atoms with Crippen molar-refractivity contribution in [2.45, 2.75) is 38.6 Å². The van der Waals surface area contributed by atoms with Gasteiger partial charge in [0.2, 0.25) is 0 Å². The predicted octanol–water partition coefficient (Wildman–Crippen LogP) is 5.64. The summed E-state index contributed by atoms with van der Waals surface area (Å²) in [5, 5.41) is 25.4. The summed E-state index contributed by atoms with van der Waals surface area (Å²) in [7, 11) is 0. The van der Waals surface area contributed by atoms with E-state index in [1.807, 2.05) is 30.3 Å². The second-order valence-corrected chi connectivity index (χ2v) is 7.91. The van der Waals surface area contributed by atoms with Crippen molar-refractivity contribution in [1.82, 2.24) is 15.2 Å². The number of nitriles is 1. The lowest BCUT2D eigenvalue weighted by molar-refractivity contribution is 0.585. The third-order valence-electron chi connectivity index (χ3n) is 5.92. The molecule has 29 heavy (non-hydrogen) atoms. The Bertz CT molecular complexity index is 1230. The highest BCUT2D eigenvalue weighted by molar-refractivity contribution is 6.07. The van der Waals surface area contributed by atoms with Gasteiger partial charge in [0, 0.05) is 39.5 Å². The number of rotatable bonds is 6. The Morgan fingerprint density at radius 2 is 1.97 bits per heavy atom. The van der Waals surface area contributed by atoms with Crippen LogP contribution < -0.4 is 5.32 Å². The van der Waals surface area contributed by atoms with Gasteiger partial charge in [0.25, 0.3) is 0 Å². The van der Waals surface area contributed by atoms with Gasteiger partial charge in [-0.2, -0.15) is 5.26 Å². The van der Waals surface area contributed by atoms with Gasteiger partial charge in [-0.05, 0) is 24.8 Å². The number of aromatic nitrogens is 3. The molecular formula is C24H23N5. The molecule has 0 bridgehead atoms. The molecule has 1 atom stereocenters. The average Bonchev–Trinajstić information content (AvgIpc) is 3.48. The van der Waals surface area contributed by atoms with Crippen molar-refractivity contribution < 1.29 is 0 Å². The number of hydrogen-bond acceptors (Lipinski definition) is 4. The Labute approximate surface area is 169 Å². The van der Waals surface area contributed by atoms with Crippen LogP contribution in [0, 0.1) is 17.2 Å². The van der Waals surface area contributed by atoms with Crippen molar-refractivity contribution in [1.29, 1.82) is 5.26 Å². The van der Waals surface area contributed by atoms with Crippen LogP contribution in [0.15, 0.2) is 48.7 Å². The van der Waals surface area contributed by atoms with E-state index in [1.54, 1.807) is 6.20 Å². The van der Waals surface area contributed by atoms with Crippen LogP contribution in [0.3, 0.4) is 0 Å². The first-order valence-corrected chi connectivity index (χ1v) is 10.3. The van der Waals surface area contributed by atoms with Crippen LogP contribution in [0.5, 0.6) is 0 Å². The summed E-state index contributed by atoms with van der Waals surface area (Å²) in [6.45, 7) is 2.22. The van der Waals surface area contributed by atoms with Crippen molar-refractivity contribution in [2.75, 3.05) is 5.32 Å². The zero-order valence-electron chi connectivity index (χ0n) is 16.4. The van der Waals surface area contributed by atoms with E-state index in [2.05, 4.69) is 45.6 Å². The largest absolute Gasteiger partial charge is 0.365 e. The van der Waals surface area contributed by atoms with E-state index in [0.717, 1.165) is 51.1 Å². The summed E-state index contributed by atoms with van der Waals surface area (Å²) in [5.41, 5.74) is 3.30. The van der Waals surface area contributed by atoms with E-state index >= 15 is 0 Å². The molecule has 4 aromatic rings. The average molecular weight is 381 g/mol. The molecule has 5 nitrogen and oxygen atoms in total. The van der Waals surface area contributed by atoms with Gasteiger partial charge >= 0.3 is 0 Å². The number of nitrogens with one attached hydrogen (secondary N) is 2. The van der Waals surface area contributed by atoms with Crippen LogP contribution in [0.1, 0.15) is 38.2 Å². The standard InChI is InChI=1S/C24H23N5/c1-2-17(12-15-10-11-15)27-24-19-7-4-3-6-18(19)23(28-29-24)20-8-5-9-21-22(20)16(13-25)14-26-21/h3-9,14-15,17,26H,2,10-12H2,1H3,(H,27,29). The summed E-state index contributed by atoms with van der Waals surface area (Å²) in [4.78, 5) is 3.18. The van der Waals surface area contributed by atoms with Gasteiger partial charge in [0.05, 0.1) is 5.56 Å². The normalized spacial score (nSPS) is 14.8. The molecule has 1 aliphatic carbocycles. The fourth-order valence-electron chi connectivity index (χ4n) is 4.16. The molecule has 2 aromatic carbocycles. The van der Waals surface area contributed by atoms with E-state index in [9.17, 15) is 5.26 Å². The van der Waals surface area contributed by atoms with Crippen molar-refractivity contribution in [3.05, 3.63) is 54.2 Å². The van der Waals surface area contributed by atoms with Gasteiger partial charge in [0.15, 0.2) is 5.82 Å². The summed E-state index contributed by atoms with van der Waals surface area (Å²) >= 11 is 0. The van der Waals surface area contributed by atoms with Gasteiger partial charge in [-0.25, -0.2) is 0 Å². The summed E-state index contributed by atoms with van der Waals surface area (Å²) in [6, 6.07) is 16.9. The lowest BCUT2D eigenvalue weighted by Crippen LogP contribution is -2.20. The Kier molecular flexibility index (Phi) is 4.40. The molecule has 5 heteroatoms. The molecule has 0 amide bonds. The first kappa shape index (κ1) is 17.7. The maximum atomic E-state index is 9.54. The molecule has 5 rings (SSSR count). The molecule has 144 valence electrons. The van der Waals surface area contributed by atoms with E-state index in [4.69, 9.17) is 0 Å². The van der Waals surface area contributed by atoms with Crippen LogP contribution >= 0.6 is 0 Å². The molecule has 0 aliphatic heterocycles. The molecule has 0 saturated heterocycles. The smallest absolute Gasteiger partial charge is 0.156 e. The van der Waals surface area contributed by atoms with Gasteiger partial charge in [-0.15, -0.1) is 10.2 Å². The Morgan fingerprint density at radius 1 is 1.14 bits per heavy atom. The summed E-state index contributed by atoms with van der Waals surface area (Å²) in [5.74, 6) is 1.71. The molecule has 1 aliphatic rings. The molecule has 0 spiro atoms. The van der Waals surface area contributed by atoms with E-state index in [0.29, 0.717) is 11.6 Å². The van der Waals surface area contributed by atoms with Crippen molar-refractivity contribution in [3.8, 4) is 17.3 Å². The maximum Gasteiger partial charge on any atom is 0.156 e. The molecule has 2 N–H and O–H groups in total. The molecule has 2 aromatic heterocycles. The van der Waals surface area contributed by atoms with Crippen LogP contribution in [0.2, 0.25) is 0 Å². The first-order chi connectivity index (χ1) is 14.3. The molecule has 1 unspecified atom stereocenters. The highest BCUT2D eigenvalue weighted by atomic mass is 15.2. The molecule has 2 heterocycles. The number of benzene rings is 2. The number of nitrogens with zero attached hydrogens (tertiary/aromatic N) is 3. The Morgan fingerprint density at radius 3 is 2.72 bits per heavy atom. The monoisotopic (exact) mass is 381 g/mol. The number of aromatic amines is 1. The van der Waals surface area contributed by atoms with Gasteiger partial charge in [-0.3, -0.25) is 0 Å². The number of hydrogen-bond donors (Lipinski definition) is 2. The predicted molar refractivity (Wildman–Crippen MR) is 117 cm³/mol. The first-order valence-electron chi connectivity index (χ1n) is 10.3. The molecular weight excluding hydrogens is 358 g/mol. The van der Waals surface area contributed by atoms with E-state index in [-0.39, 0.29) is 0 Å². The molecule has 1 fully saturated rings.